The molecule has 1 aromatic carbocycles. The Bertz CT molecular complexity index is 895. The van der Waals surface area contributed by atoms with E-state index >= 15 is 0 Å². The second-order valence-electron chi connectivity index (χ2n) is 7.91. The van der Waals surface area contributed by atoms with E-state index in [-0.39, 0.29) is 5.56 Å². The molecule has 0 aliphatic carbocycles. The summed E-state index contributed by atoms with van der Waals surface area (Å²) in [7, 11) is 0. The third kappa shape index (κ3) is 4.21. The number of hydrogen-bond acceptors (Lipinski definition) is 14. The van der Waals surface area contributed by atoms with Crippen molar-refractivity contribution in [3.63, 3.8) is 0 Å². The van der Waals surface area contributed by atoms with Crippen LogP contribution in [-0.4, -0.2) is 126 Å². The maximum Gasteiger partial charge on any atom is 0.269 e. The Labute approximate surface area is 191 Å². The van der Waals surface area contributed by atoms with Crippen LogP contribution in [0.5, 0.6) is 0 Å². The van der Waals surface area contributed by atoms with E-state index in [1.807, 2.05) is 0 Å². The second-order valence-corrected chi connectivity index (χ2v) is 7.91. The van der Waals surface area contributed by atoms with Gasteiger partial charge in [0.25, 0.3) is 11.5 Å². The Morgan fingerprint density at radius 3 is 1.94 bits per heavy atom. The number of ketones is 1. The summed E-state index contributed by atoms with van der Waals surface area (Å²) in [6.45, 7) is -3.09. The largest absolute Gasteiger partial charge is 0.394 e. The van der Waals surface area contributed by atoms with Crippen LogP contribution in [0.15, 0.2) is 24.3 Å². The Hall–Kier alpha value is -2.15. The number of nitro benzene ring substituents is 1. The maximum atomic E-state index is 13.5. The molecule has 2 aliphatic rings. The van der Waals surface area contributed by atoms with Crippen LogP contribution in [0.4, 0.5) is 5.69 Å². The van der Waals surface area contributed by atoms with Crippen molar-refractivity contribution in [3.8, 4) is 0 Å². The monoisotopic (exact) mass is 491 g/mol. The molecule has 0 amide bonds. The predicted octanol–water partition coefficient (Wildman–Crippen LogP) is -4.23. The highest BCUT2D eigenvalue weighted by Gasteiger charge is 2.66. The van der Waals surface area contributed by atoms with Crippen LogP contribution >= 0.6 is 0 Å². The molecule has 34 heavy (non-hydrogen) atoms. The van der Waals surface area contributed by atoms with Gasteiger partial charge in [-0.05, 0) is 12.1 Å². The molecule has 2 fully saturated rings. The van der Waals surface area contributed by atoms with Gasteiger partial charge in [0.05, 0.1) is 18.1 Å². The lowest BCUT2D eigenvalue weighted by molar-refractivity contribution is -0.412. The van der Waals surface area contributed by atoms with Crippen LogP contribution in [0.1, 0.15) is 10.4 Å². The van der Waals surface area contributed by atoms with Gasteiger partial charge in [0.15, 0.2) is 0 Å². The topological polar surface area (TPSA) is 250 Å². The summed E-state index contributed by atoms with van der Waals surface area (Å²) in [5, 5.41) is 91.7. The first-order valence-corrected chi connectivity index (χ1v) is 10.1. The van der Waals surface area contributed by atoms with Crippen molar-refractivity contribution in [1.82, 2.24) is 0 Å². The molecular formula is C19H25NO14. The molecule has 0 radical (unpaired) electrons. The zero-order valence-corrected chi connectivity index (χ0v) is 17.4. The number of Topliss-reactive ketones (excluding diaryl/α,β-unsaturated/α-hetero) is 1. The predicted molar refractivity (Wildman–Crippen MR) is 105 cm³/mol. The molecule has 15 nitrogen and oxygen atoms in total. The SMILES string of the molecule is O=C(c1ccc([N+](=O)[O-])cc1)[C@@]1(OC2(CO)O[C@H](CO)[C@@H](O)[C@@H]2O)O[C@H](CO)[C@@H](O)[C@H](O)[C@H]1O. The summed E-state index contributed by atoms with van der Waals surface area (Å²) in [6.07, 6.45) is -13.7. The summed E-state index contributed by atoms with van der Waals surface area (Å²) < 4.78 is 16.2. The van der Waals surface area contributed by atoms with Crippen LogP contribution < -0.4 is 0 Å². The molecule has 2 saturated heterocycles. The van der Waals surface area contributed by atoms with Gasteiger partial charge in [0.1, 0.15) is 49.3 Å². The van der Waals surface area contributed by atoms with Crippen LogP contribution in [0.3, 0.4) is 0 Å². The Morgan fingerprint density at radius 2 is 1.47 bits per heavy atom. The number of carbonyl (C=O) groups is 1. The first kappa shape index (κ1) is 26.5. The number of aliphatic hydroxyl groups excluding tert-OH is 8. The normalized spacial score (nSPS) is 40.3. The van der Waals surface area contributed by atoms with Crippen LogP contribution in [0.25, 0.3) is 0 Å². The smallest absolute Gasteiger partial charge is 0.269 e. The number of carbonyl (C=O) groups excluding carboxylic acids is 1. The third-order valence-corrected chi connectivity index (χ3v) is 5.84. The van der Waals surface area contributed by atoms with Crippen molar-refractivity contribution < 1.29 is 64.8 Å². The lowest BCUT2D eigenvalue weighted by Gasteiger charge is -2.49. The first-order valence-electron chi connectivity index (χ1n) is 10.1. The van der Waals surface area contributed by atoms with E-state index in [9.17, 15) is 55.8 Å². The maximum absolute atomic E-state index is 13.5. The van der Waals surface area contributed by atoms with Gasteiger partial charge in [-0.15, -0.1) is 0 Å². The zero-order chi connectivity index (χ0) is 25.4. The second kappa shape index (κ2) is 9.84. The molecule has 1 unspecified atom stereocenters. The fourth-order valence-electron chi connectivity index (χ4n) is 3.90. The lowest BCUT2D eigenvalue weighted by atomic mass is 9.87. The van der Waals surface area contributed by atoms with Gasteiger partial charge in [-0.3, -0.25) is 14.9 Å². The number of hydrogen-bond donors (Lipinski definition) is 8. The minimum absolute atomic E-state index is 0.371. The summed E-state index contributed by atoms with van der Waals surface area (Å²) in [6, 6.07) is 3.82. The van der Waals surface area contributed by atoms with Crippen molar-refractivity contribution >= 4 is 11.5 Å². The number of nitro groups is 1. The summed E-state index contributed by atoms with van der Waals surface area (Å²) in [4.78, 5) is 23.7. The van der Waals surface area contributed by atoms with E-state index in [4.69, 9.17) is 14.2 Å². The van der Waals surface area contributed by atoms with E-state index in [2.05, 4.69) is 0 Å². The number of aliphatic hydroxyl groups is 8. The first-order chi connectivity index (χ1) is 16.0. The van der Waals surface area contributed by atoms with Gasteiger partial charge in [-0.2, -0.15) is 0 Å². The molecular weight excluding hydrogens is 466 g/mol. The Kier molecular flexibility index (Phi) is 7.66. The molecule has 1 aromatic rings. The van der Waals surface area contributed by atoms with Crippen LogP contribution in [0.2, 0.25) is 0 Å². The summed E-state index contributed by atoms with van der Waals surface area (Å²) in [5.41, 5.74) is -0.764. The van der Waals surface area contributed by atoms with E-state index in [0.717, 1.165) is 24.3 Å². The van der Waals surface area contributed by atoms with E-state index in [0.29, 0.717) is 0 Å². The highest BCUT2D eigenvalue weighted by Crippen LogP contribution is 2.42. The highest BCUT2D eigenvalue weighted by molar-refractivity contribution is 6.02. The fraction of sp³-hybridized carbons (Fsp3) is 0.632. The molecule has 0 saturated carbocycles. The minimum atomic E-state index is -3.07. The van der Waals surface area contributed by atoms with Crippen molar-refractivity contribution in [3.05, 3.63) is 39.9 Å². The van der Waals surface area contributed by atoms with E-state index in [1.165, 1.54) is 0 Å². The van der Waals surface area contributed by atoms with Gasteiger partial charge in [0.2, 0.25) is 11.6 Å². The number of rotatable bonds is 8. The molecule has 8 N–H and O–H groups in total. The number of ether oxygens (including phenoxy) is 3. The van der Waals surface area contributed by atoms with Crippen LogP contribution in [-0.2, 0) is 14.2 Å². The van der Waals surface area contributed by atoms with Gasteiger partial charge in [-0.25, -0.2) is 0 Å². The average Bonchev–Trinajstić information content (AvgIpc) is 3.08. The molecule has 3 rings (SSSR count). The van der Waals surface area contributed by atoms with Gasteiger partial charge >= 0.3 is 0 Å². The number of nitrogens with zero attached hydrogens (tertiary/aromatic N) is 1. The zero-order valence-electron chi connectivity index (χ0n) is 17.4. The average molecular weight is 491 g/mol. The Balaban J connectivity index is 2.12. The van der Waals surface area contributed by atoms with E-state index in [1.54, 1.807) is 0 Å². The molecule has 0 bridgehead atoms. The lowest BCUT2D eigenvalue weighted by Crippen LogP contribution is -2.72. The molecule has 9 atom stereocenters. The summed E-state index contributed by atoms with van der Waals surface area (Å²) in [5.74, 6) is -7.06. The van der Waals surface area contributed by atoms with Crippen LogP contribution in [0, 0.1) is 10.1 Å². The molecule has 0 aromatic heterocycles. The standard InChI is InChI=1S/C19H25NO14/c21-5-10-12(24)14(26)17(29)19(33-10,15(27)8-1-3-9(4-2-8)20(30)31)34-18(7-23)16(28)13(25)11(6-22)32-18/h1-4,10-14,16-17,21-26,28-29H,5-7H2/t10-,11-,12-,13-,14+,16+,17-,18?,19+/m1/s1. The van der Waals surface area contributed by atoms with Crippen molar-refractivity contribution in [2.24, 2.45) is 0 Å². The van der Waals surface area contributed by atoms with Gasteiger partial charge < -0.3 is 55.1 Å². The van der Waals surface area contributed by atoms with E-state index < -0.39 is 90.5 Å². The molecule has 15 heteroatoms. The van der Waals surface area contributed by atoms with Crippen molar-refractivity contribution in [2.75, 3.05) is 19.8 Å². The molecule has 2 heterocycles. The number of non-ortho nitro benzene ring substituents is 1. The van der Waals surface area contributed by atoms with Crippen molar-refractivity contribution in [1.29, 1.82) is 0 Å². The Morgan fingerprint density at radius 1 is 0.912 bits per heavy atom. The quantitative estimate of drug-likeness (QED) is 0.0975. The third-order valence-electron chi connectivity index (χ3n) is 5.84. The van der Waals surface area contributed by atoms with Gasteiger partial charge in [-0.1, -0.05) is 0 Å². The molecule has 190 valence electrons. The molecule has 2 aliphatic heterocycles. The molecule has 0 spiro atoms. The fourth-order valence-corrected chi connectivity index (χ4v) is 3.90. The summed E-state index contributed by atoms with van der Waals surface area (Å²) >= 11 is 0. The van der Waals surface area contributed by atoms with Crippen molar-refractivity contribution in [2.45, 2.75) is 54.3 Å². The highest BCUT2D eigenvalue weighted by atomic mass is 16.8. The number of benzene rings is 1. The van der Waals surface area contributed by atoms with Gasteiger partial charge in [0, 0.05) is 17.7 Å². The minimum Gasteiger partial charge on any atom is -0.394 e.